The number of nitrogens with two attached hydrogens (primary N) is 1. The van der Waals surface area contributed by atoms with Gasteiger partial charge in [-0.3, -0.25) is 9.79 Å². The van der Waals surface area contributed by atoms with Gasteiger partial charge in [-0.1, -0.05) is 12.1 Å². The number of amides is 1. The molecule has 0 aliphatic rings. The average Bonchev–Trinajstić information content (AvgIpc) is 2.47. The summed E-state index contributed by atoms with van der Waals surface area (Å²) in [6.07, 6.45) is 0.232. The van der Waals surface area contributed by atoms with E-state index in [2.05, 4.69) is 10.3 Å². The van der Waals surface area contributed by atoms with Gasteiger partial charge in [0.2, 0.25) is 5.91 Å². The van der Waals surface area contributed by atoms with Gasteiger partial charge in [0.15, 0.2) is 5.96 Å². The molecule has 0 aromatic heterocycles. The molecular formula is C15H24FIN4O. The SMILES string of the molecule is CCN(CC)C(N)=NCCNC(=O)Cc1ccc(F)cc1.I. The molecule has 0 unspecified atom stereocenters. The van der Waals surface area contributed by atoms with Crippen molar-refractivity contribution < 1.29 is 9.18 Å². The molecule has 22 heavy (non-hydrogen) atoms. The second-order valence-corrected chi connectivity index (χ2v) is 4.57. The van der Waals surface area contributed by atoms with Gasteiger partial charge in [0.05, 0.1) is 13.0 Å². The number of hydrogen-bond acceptors (Lipinski definition) is 2. The Kier molecular flexibility index (Phi) is 10.5. The zero-order valence-electron chi connectivity index (χ0n) is 13.0. The number of nitrogens with zero attached hydrogens (tertiary/aromatic N) is 2. The summed E-state index contributed by atoms with van der Waals surface area (Å²) < 4.78 is 12.7. The Morgan fingerprint density at radius 3 is 2.41 bits per heavy atom. The maximum Gasteiger partial charge on any atom is 0.224 e. The van der Waals surface area contributed by atoms with Crippen LogP contribution in [-0.4, -0.2) is 42.9 Å². The molecule has 1 aromatic carbocycles. The van der Waals surface area contributed by atoms with E-state index < -0.39 is 0 Å². The molecule has 0 saturated heterocycles. The molecular weight excluding hydrogens is 398 g/mol. The van der Waals surface area contributed by atoms with E-state index in [1.54, 1.807) is 12.1 Å². The Hall–Kier alpha value is -1.38. The van der Waals surface area contributed by atoms with Crippen molar-refractivity contribution in [2.24, 2.45) is 10.7 Å². The summed E-state index contributed by atoms with van der Waals surface area (Å²) in [6.45, 7) is 6.51. The van der Waals surface area contributed by atoms with Crippen molar-refractivity contribution in [2.45, 2.75) is 20.3 Å². The third-order valence-corrected chi connectivity index (χ3v) is 3.07. The summed E-state index contributed by atoms with van der Waals surface area (Å²) in [4.78, 5) is 17.9. The van der Waals surface area contributed by atoms with Crippen LogP contribution in [0.4, 0.5) is 4.39 Å². The van der Waals surface area contributed by atoms with E-state index in [0.29, 0.717) is 19.0 Å². The minimum atomic E-state index is -0.305. The molecule has 0 spiro atoms. The molecule has 5 nitrogen and oxygen atoms in total. The normalized spacial score (nSPS) is 10.8. The van der Waals surface area contributed by atoms with Crippen LogP contribution < -0.4 is 11.1 Å². The monoisotopic (exact) mass is 422 g/mol. The van der Waals surface area contributed by atoms with Crippen LogP contribution in [0.5, 0.6) is 0 Å². The molecule has 1 aromatic rings. The van der Waals surface area contributed by atoms with Crippen LogP contribution in [0, 0.1) is 5.82 Å². The highest BCUT2D eigenvalue weighted by Crippen LogP contribution is 2.03. The van der Waals surface area contributed by atoms with Gasteiger partial charge in [-0.05, 0) is 31.5 Å². The van der Waals surface area contributed by atoms with Crippen molar-refractivity contribution in [2.75, 3.05) is 26.2 Å². The van der Waals surface area contributed by atoms with E-state index in [1.165, 1.54) is 12.1 Å². The van der Waals surface area contributed by atoms with Crippen molar-refractivity contribution >= 4 is 35.8 Å². The lowest BCUT2D eigenvalue weighted by Gasteiger charge is -2.19. The summed E-state index contributed by atoms with van der Waals surface area (Å²) >= 11 is 0. The third-order valence-electron chi connectivity index (χ3n) is 3.07. The molecule has 124 valence electrons. The summed E-state index contributed by atoms with van der Waals surface area (Å²) in [5, 5.41) is 2.76. The Bertz CT molecular complexity index is 475. The highest BCUT2D eigenvalue weighted by atomic mass is 127. The number of nitrogens with one attached hydrogen (secondary N) is 1. The van der Waals surface area contributed by atoms with Gasteiger partial charge in [0, 0.05) is 19.6 Å². The number of carbonyl (C=O) groups excluding carboxylic acids is 1. The Labute approximate surface area is 148 Å². The average molecular weight is 422 g/mol. The fourth-order valence-corrected chi connectivity index (χ4v) is 1.86. The molecule has 0 bridgehead atoms. The fourth-order valence-electron chi connectivity index (χ4n) is 1.86. The maximum absolute atomic E-state index is 12.7. The number of hydrogen-bond donors (Lipinski definition) is 2. The van der Waals surface area contributed by atoms with Crippen LogP contribution in [0.25, 0.3) is 0 Å². The lowest BCUT2D eigenvalue weighted by molar-refractivity contribution is -0.120. The first kappa shape index (κ1) is 20.6. The highest BCUT2D eigenvalue weighted by molar-refractivity contribution is 14.0. The first-order valence-corrected chi connectivity index (χ1v) is 7.12. The molecule has 0 saturated carbocycles. The van der Waals surface area contributed by atoms with Crippen molar-refractivity contribution in [1.29, 1.82) is 0 Å². The predicted molar refractivity (Wildman–Crippen MR) is 97.9 cm³/mol. The van der Waals surface area contributed by atoms with Crippen molar-refractivity contribution in [3.63, 3.8) is 0 Å². The zero-order chi connectivity index (χ0) is 15.7. The smallest absolute Gasteiger partial charge is 0.224 e. The summed E-state index contributed by atoms with van der Waals surface area (Å²) in [5.74, 6) is 0.0753. The topological polar surface area (TPSA) is 70.7 Å². The maximum atomic E-state index is 12.7. The van der Waals surface area contributed by atoms with Gasteiger partial charge in [0.1, 0.15) is 5.82 Å². The van der Waals surface area contributed by atoms with Gasteiger partial charge in [-0.25, -0.2) is 4.39 Å². The molecule has 0 heterocycles. The van der Waals surface area contributed by atoms with E-state index >= 15 is 0 Å². The number of halogens is 2. The second-order valence-electron chi connectivity index (χ2n) is 4.57. The molecule has 7 heteroatoms. The van der Waals surface area contributed by atoms with Crippen molar-refractivity contribution in [3.05, 3.63) is 35.6 Å². The van der Waals surface area contributed by atoms with Gasteiger partial charge < -0.3 is 16.0 Å². The first-order valence-electron chi connectivity index (χ1n) is 7.12. The van der Waals surface area contributed by atoms with Crippen LogP contribution in [0.15, 0.2) is 29.3 Å². The first-order chi connectivity index (χ1) is 10.1. The summed E-state index contributed by atoms with van der Waals surface area (Å²) in [7, 11) is 0. The highest BCUT2D eigenvalue weighted by Gasteiger charge is 2.04. The number of rotatable bonds is 7. The summed E-state index contributed by atoms with van der Waals surface area (Å²) in [6, 6.07) is 5.90. The second kappa shape index (κ2) is 11.2. The Morgan fingerprint density at radius 1 is 1.27 bits per heavy atom. The van der Waals surface area contributed by atoms with E-state index in [4.69, 9.17) is 5.73 Å². The van der Waals surface area contributed by atoms with E-state index in [1.807, 2.05) is 18.7 Å². The lowest BCUT2D eigenvalue weighted by Crippen LogP contribution is -2.37. The molecule has 0 atom stereocenters. The van der Waals surface area contributed by atoms with Gasteiger partial charge in [0.25, 0.3) is 0 Å². The number of carbonyl (C=O) groups is 1. The van der Waals surface area contributed by atoms with Gasteiger partial charge >= 0.3 is 0 Å². The molecule has 1 rings (SSSR count). The molecule has 0 fully saturated rings. The fraction of sp³-hybridized carbons (Fsp3) is 0.467. The van der Waals surface area contributed by atoms with Crippen LogP contribution >= 0.6 is 24.0 Å². The van der Waals surface area contributed by atoms with Crippen LogP contribution in [0.1, 0.15) is 19.4 Å². The Balaban J connectivity index is 0.00000441. The predicted octanol–water partition coefficient (Wildman–Crippen LogP) is 1.76. The van der Waals surface area contributed by atoms with E-state index in [0.717, 1.165) is 18.7 Å². The minimum Gasteiger partial charge on any atom is -0.370 e. The quantitative estimate of drug-likeness (QED) is 0.305. The number of benzene rings is 1. The van der Waals surface area contributed by atoms with Crippen molar-refractivity contribution in [3.8, 4) is 0 Å². The lowest BCUT2D eigenvalue weighted by atomic mass is 10.1. The van der Waals surface area contributed by atoms with E-state index in [9.17, 15) is 9.18 Å². The molecule has 0 aliphatic heterocycles. The standard InChI is InChI=1S/C15H23FN4O.HI/c1-3-20(4-2)15(17)19-10-9-18-14(21)11-12-5-7-13(16)8-6-12;/h5-8H,3-4,9-11H2,1-2H3,(H2,17,19)(H,18,21);1H. The van der Waals surface area contributed by atoms with Gasteiger partial charge in [-0.2, -0.15) is 0 Å². The molecule has 0 aliphatic carbocycles. The summed E-state index contributed by atoms with van der Waals surface area (Å²) in [5.41, 5.74) is 6.60. The van der Waals surface area contributed by atoms with Gasteiger partial charge in [-0.15, -0.1) is 24.0 Å². The zero-order valence-corrected chi connectivity index (χ0v) is 15.3. The largest absolute Gasteiger partial charge is 0.370 e. The molecule has 3 N–H and O–H groups in total. The molecule has 0 radical (unpaired) electrons. The Morgan fingerprint density at radius 2 is 1.86 bits per heavy atom. The number of aliphatic imine (C=N–C) groups is 1. The third kappa shape index (κ3) is 7.58. The van der Waals surface area contributed by atoms with E-state index in [-0.39, 0.29) is 42.1 Å². The van der Waals surface area contributed by atoms with Crippen LogP contribution in [0.3, 0.4) is 0 Å². The van der Waals surface area contributed by atoms with Crippen molar-refractivity contribution in [1.82, 2.24) is 10.2 Å². The number of guanidine groups is 1. The van der Waals surface area contributed by atoms with Crippen LogP contribution in [-0.2, 0) is 11.2 Å². The molecule has 1 amide bonds. The minimum absolute atomic E-state index is 0. The van der Waals surface area contributed by atoms with Crippen LogP contribution in [0.2, 0.25) is 0 Å².